The number of anilines is 1. The van der Waals surface area contributed by atoms with Crippen molar-refractivity contribution in [3.63, 3.8) is 0 Å². The van der Waals surface area contributed by atoms with Gasteiger partial charge in [0.05, 0.1) is 29.2 Å². The first-order valence-electron chi connectivity index (χ1n) is 11.1. The second-order valence-corrected chi connectivity index (χ2v) is 7.94. The van der Waals surface area contributed by atoms with E-state index in [1.54, 1.807) is 59.3 Å². The van der Waals surface area contributed by atoms with E-state index >= 15 is 0 Å². The Labute approximate surface area is 204 Å². The molecule has 0 radical (unpaired) electrons. The van der Waals surface area contributed by atoms with Crippen molar-refractivity contribution in [3.8, 4) is 17.6 Å². The largest absolute Gasteiger partial charge is 0.485 e. The molecule has 0 atom stereocenters. The number of amides is 2. The number of imidazole rings is 1. The maximum absolute atomic E-state index is 13.0. The number of alkyl halides is 2. The predicted molar refractivity (Wildman–Crippen MR) is 126 cm³/mol. The van der Waals surface area contributed by atoms with Gasteiger partial charge in [-0.3, -0.25) is 4.90 Å². The van der Waals surface area contributed by atoms with E-state index in [9.17, 15) is 18.8 Å². The highest BCUT2D eigenvalue weighted by Gasteiger charge is 2.23. The number of carbonyl (C=O) groups is 1. The number of pyridine rings is 1. The number of nitrogens with one attached hydrogen (secondary N) is 1. The molecule has 11 heteroatoms. The first-order chi connectivity index (χ1) is 17.5. The van der Waals surface area contributed by atoms with Crippen molar-refractivity contribution in [3.05, 3.63) is 77.7 Å². The summed E-state index contributed by atoms with van der Waals surface area (Å²) in [6.07, 6.45) is 1.55. The fourth-order valence-electron chi connectivity index (χ4n) is 4.02. The number of nitriles is 1. The predicted octanol–water partition coefficient (Wildman–Crippen LogP) is 4.06. The number of carbonyl (C=O) groups excluding carboxylic acids is 1. The molecule has 0 bridgehead atoms. The van der Waals surface area contributed by atoms with Crippen LogP contribution in [0.15, 0.2) is 60.8 Å². The maximum Gasteiger partial charge on any atom is 0.387 e. The SMILES string of the molecule is N#Cc1ccc2nc(COc3ccnc(N4CCNC4=O)c3)n(Cc3ccccc3OC(F)F)c2c1. The van der Waals surface area contributed by atoms with Gasteiger partial charge >= 0.3 is 12.6 Å². The highest BCUT2D eigenvalue weighted by atomic mass is 19.3. The molecule has 9 nitrogen and oxygen atoms in total. The number of nitrogens with zero attached hydrogens (tertiary/aromatic N) is 5. The van der Waals surface area contributed by atoms with Gasteiger partial charge in [0.15, 0.2) is 0 Å². The van der Waals surface area contributed by atoms with E-state index in [2.05, 4.69) is 21.4 Å². The molecule has 1 aliphatic rings. The van der Waals surface area contributed by atoms with Gasteiger partial charge in [-0.05, 0) is 30.3 Å². The topological polar surface area (TPSA) is 105 Å². The number of halogens is 2. The number of aromatic nitrogens is 3. The molecule has 1 saturated heterocycles. The van der Waals surface area contributed by atoms with Gasteiger partial charge in [0.2, 0.25) is 0 Å². The molecule has 1 N–H and O–H groups in total. The summed E-state index contributed by atoms with van der Waals surface area (Å²) in [5.41, 5.74) is 2.25. The fraction of sp³-hybridized carbons (Fsp3) is 0.200. The Hall–Kier alpha value is -4.72. The quantitative estimate of drug-likeness (QED) is 0.399. The highest BCUT2D eigenvalue weighted by molar-refractivity contribution is 5.93. The van der Waals surface area contributed by atoms with Gasteiger partial charge in [-0.2, -0.15) is 14.0 Å². The molecule has 0 saturated carbocycles. The molecule has 1 aliphatic heterocycles. The molecule has 2 aromatic heterocycles. The number of para-hydroxylation sites is 1. The molecule has 5 rings (SSSR count). The zero-order chi connectivity index (χ0) is 25.1. The standard InChI is InChI=1S/C25H20F2N6O3/c26-24(27)36-21-4-2-1-3-17(21)14-33-20-11-16(13-28)5-6-19(20)31-23(33)15-35-18-7-8-29-22(12-18)32-10-9-30-25(32)34/h1-8,11-12,24H,9-10,14-15H2,(H,30,34). The normalized spacial score (nSPS) is 13.2. The van der Waals surface area contributed by atoms with Crippen LogP contribution in [0.25, 0.3) is 11.0 Å². The van der Waals surface area contributed by atoms with Crippen molar-refractivity contribution in [2.24, 2.45) is 0 Å². The first kappa shape index (κ1) is 23.0. The van der Waals surface area contributed by atoms with Crippen LogP contribution in [0, 0.1) is 11.3 Å². The van der Waals surface area contributed by atoms with E-state index in [0.29, 0.717) is 52.6 Å². The van der Waals surface area contributed by atoms with Crippen LogP contribution in [-0.2, 0) is 13.2 Å². The summed E-state index contributed by atoms with van der Waals surface area (Å²) in [7, 11) is 0. The third kappa shape index (κ3) is 4.74. The summed E-state index contributed by atoms with van der Waals surface area (Å²) in [5, 5.41) is 12.1. The van der Waals surface area contributed by atoms with Crippen LogP contribution in [0.3, 0.4) is 0 Å². The molecular weight excluding hydrogens is 470 g/mol. The number of hydrogen-bond donors (Lipinski definition) is 1. The Bertz CT molecular complexity index is 1470. The van der Waals surface area contributed by atoms with Gasteiger partial charge in [0.1, 0.15) is 29.7 Å². The Morgan fingerprint density at radius 2 is 2.03 bits per heavy atom. The van der Waals surface area contributed by atoms with Crippen LogP contribution < -0.4 is 19.7 Å². The molecule has 2 aromatic carbocycles. The number of fused-ring (bicyclic) bond motifs is 1. The molecule has 36 heavy (non-hydrogen) atoms. The van der Waals surface area contributed by atoms with Crippen LogP contribution in [-0.4, -0.2) is 40.3 Å². The van der Waals surface area contributed by atoms with E-state index in [0.717, 1.165) is 0 Å². The van der Waals surface area contributed by atoms with Gasteiger partial charge in [-0.25, -0.2) is 14.8 Å². The van der Waals surface area contributed by atoms with Crippen LogP contribution in [0.5, 0.6) is 11.5 Å². The van der Waals surface area contributed by atoms with E-state index in [4.69, 9.17) is 9.47 Å². The van der Waals surface area contributed by atoms with Crippen LogP contribution in [0.1, 0.15) is 17.0 Å². The van der Waals surface area contributed by atoms with Crippen LogP contribution >= 0.6 is 0 Å². The van der Waals surface area contributed by atoms with Crippen molar-refractivity contribution in [2.75, 3.05) is 18.0 Å². The van der Waals surface area contributed by atoms with E-state index in [-0.39, 0.29) is 24.9 Å². The maximum atomic E-state index is 13.0. The summed E-state index contributed by atoms with van der Waals surface area (Å²) in [6.45, 7) is -1.70. The Balaban J connectivity index is 1.46. The third-order valence-electron chi connectivity index (χ3n) is 5.69. The lowest BCUT2D eigenvalue weighted by molar-refractivity contribution is -0.0504. The third-order valence-corrected chi connectivity index (χ3v) is 5.69. The number of urea groups is 1. The minimum Gasteiger partial charge on any atom is -0.485 e. The number of benzene rings is 2. The summed E-state index contributed by atoms with van der Waals surface area (Å²) < 4.78 is 38.4. The zero-order valence-electron chi connectivity index (χ0n) is 18.9. The van der Waals surface area contributed by atoms with Crippen molar-refractivity contribution in [2.45, 2.75) is 19.8 Å². The average molecular weight is 490 g/mol. The van der Waals surface area contributed by atoms with E-state index in [1.165, 1.54) is 11.0 Å². The van der Waals surface area contributed by atoms with Crippen LogP contribution in [0.4, 0.5) is 19.4 Å². The molecule has 2 amide bonds. The van der Waals surface area contributed by atoms with Crippen molar-refractivity contribution in [1.29, 1.82) is 5.26 Å². The Morgan fingerprint density at radius 3 is 2.81 bits per heavy atom. The number of hydrogen-bond acceptors (Lipinski definition) is 6. The molecule has 182 valence electrons. The molecule has 4 aromatic rings. The zero-order valence-corrected chi connectivity index (χ0v) is 18.9. The van der Waals surface area contributed by atoms with Gasteiger partial charge in [0, 0.05) is 30.9 Å². The highest BCUT2D eigenvalue weighted by Crippen LogP contribution is 2.26. The summed E-state index contributed by atoms with van der Waals surface area (Å²) >= 11 is 0. The minimum atomic E-state index is -2.96. The molecule has 0 aliphatic carbocycles. The second-order valence-electron chi connectivity index (χ2n) is 7.94. The molecule has 3 heterocycles. The van der Waals surface area contributed by atoms with E-state index < -0.39 is 6.61 Å². The number of rotatable bonds is 8. The van der Waals surface area contributed by atoms with Gasteiger partial charge < -0.3 is 19.4 Å². The van der Waals surface area contributed by atoms with Gasteiger partial charge in [-0.15, -0.1) is 0 Å². The molecule has 0 unspecified atom stereocenters. The van der Waals surface area contributed by atoms with Crippen molar-refractivity contribution in [1.82, 2.24) is 19.9 Å². The molecule has 0 spiro atoms. The summed E-state index contributed by atoms with van der Waals surface area (Å²) in [6, 6.07) is 16.8. The van der Waals surface area contributed by atoms with Crippen LogP contribution in [0.2, 0.25) is 0 Å². The molecule has 1 fully saturated rings. The summed E-state index contributed by atoms with van der Waals surface area (Å²) in [4.78, 5) is 22.4. The van der Waals surface area contributed by atoms with Crippen molar-refractivity contribution < 1.29 is 23.0 Å². The number of ether oxygens (including phenoxy) is 2. The smallest absolute Gasteiger partial charge is 0.387 e. The van der Waals surface area contributed by atoms with Crippen molar-refractivity contribution >= 4 is 22.9 Å². The lowest BCUT2D eigenvalue weighted by Crippen LogP contribution is -2.28. The second kappa shape index (κ2) is 9.87. The molecular formula is C25H20F2N6O3. The summed E-state index contributed by atoms with van der Waals surface area (Å²) in [5.74, 6) is 1.52. The van der Waals surface area contributed by atoms with Gasteiger partial charge in [0.25, 0.3) is 0 Å². The Kier molecular flexibility index (Phi) is 6.32. The minimum absolute atomic E-state index is 0.0457. The monoisotopic (exact) mass is 490 g/mol. The lowest BCUT2D eigenvalue weighted by Gasteiger charge is -2.15. The van der Waals surface area contributed by atoms with Gasteiger partial charge in [-0.1, -0.05) is 18.2 Å². The average Bonchev–Trinajstić information content (AvgIpc) is 3.46. The lowest BCUT2D eigenvalue weighted by atomic mass is 10.2. The van der Waals surface area contributed by atoms with E-state index in [1.807, 2.05) is 0 Å². The fourth-order valence-corrected chi connectivity index (χ4v) is 4.02. The first-order valence-corrected chi connectivity index (χ1v) is 11.1. The Morgan fingerprint density at radius 1 is 1.17 bits per heavy atom.